The summed E-state index contributed by atoms with van der Waals surface area (Å²) < 4.78 is 0. The van der Waals surface area contributed by atoms with Crippen molar-refractivity contribution in [2.75, 3.05) is 0 Å². The number of hydrogen-bond donors (Lipinski definition) is 0. The summed E-state index contributed by atoms with van der Waals surface area (Å²) in [7, 11) is 0. The van der Waals surface area contributed by atoms with Gasteiger partial charge in [0.05, 0.1) is 0 Å². The monoisotopic (exact) mass is 107 g/mol. The second kappa shape index (κ2) is 1.74. The van der Waals surface area contributed by atoms with Gasteiger partial charge in [-0.1, -0.05) is 12.2 Å². The molecule has 1 aliphatic rings. The maximum absolute atomic E-state index is 8.65. The van der Waals surface area contributed by atoms with Crippen molar-refractivity contribution in [1.82, 2.24) is 0 Å². The molecule has 2 heteroatoms. The van der Waals surface area contributed by atoms with Crippen LogP contribution < -0.4 is 0 Å². The molecule has 0 aromatic rings. The van der Waals surface area contributed by atoms with Crippen LogP contribution in [0, 0.1) is 0 Å². The van der Waals surface area contributed by atoms with Gasteiger partial charge in [-0.2, -0.15) is 5.71 Å². The quantitative estimate of drug-likeness (QED) is 0.322. The number of rotatable bonds is 0. The van der Waals surface area contributed by atoms with Gasteiger partial charge < -0.3 is 5.41 Å². The maximum atomic E-state index is 8.65. The van der Waals surface area contributed by atoms with Gasteiger partial charge in [-0.15, -0.1) is 0 Å². The summed E-state index contributed by atoms with van der Waals surface area (Å²) >= 11 is 0. The Hall–Kier alpha value is -1.18. The van der Waals surface area contributed by atoms with Crippen molar-refractivity contribution >= 4 is 11.5 Å². The first-order chi connectivity index (χ1) is 3.79. The summed E-state index contributed by atoms with van der Waals surface area (Å²) in [5.41, 5.74) is 0.169. The minimum Gasteiger partial charge on any atom is -0.804 e. The molecule has 0 spiro atoms. The highest BCUT2D eigenvalue weighted by Crippen LogP contribution is 1.91. The van der Waals surface area contributed by atoms with Crippen molar-refractivity contribution in [2.24, 2.45) is 0 Å². The van der Waals surface area contributed by atoms with Crippen LogP contribution in [0.25, 0.3) is 5.41 Å². The lowest BCUT2D eigenvalue weighted by atomic mass is 10.2. The Kier molecular flexibility index (Phi) is 1.08. The predicted molar refractivity (Wildman–Crippen MR) is 33.6 cm³/mol. The Labute approximate surface area is 47.0 Å². The highest BCUT2D eigenvalue weighted by Gasteiger charge is 1.97. The number of carbonyl (C=O) groups excluding carboxylic acids is 1. The third-order valence-electron chi connectivity index (χ3n) is 0.850. The molecule has 0 saturated carbocycles. The molecular weight excluding hydrogens is 102 g/mol. The highest BCUT2D eigenvalue weighted by atomic mass is 16.1. The Morgan fingerprint density at radius 3 is 2.00 bits per heavy atom. The smallest absolute Gasteiger partial charge is 0.339 e. The van der Waals surface area contributed by atoms with E-state index in [2.05, 4.69) is 0 Å². The molecule has 0 aromatic heterocycles. The summed E-state index contributed by atoms with van der Waals surface area (Å²) in [6, 6.07) is 0. The molecular formula is C6H5NO. The molecule has 0 radical (unpaired) electrons. The third-order valence-corrected chi connectivity index (χ3v) is 0.850. The number of ketones is 1. The fourth-order valence-corrected chi connectivity index (χ4v) is 0.453. The minimum absolute atomic E-state index is 0.169. The van der Waals surface area contributed by atoms with Gasteiger partial charge in [-0.3, -0.25) is 4.79 Å². The SMILES string of the molecule is [N-]=C1C=CC(=[OH+])C=C1. The zero-order valence-electron chi connectivity index (χ0n) is 4.20. The lowest BCUT2D eigenvalue weighted by molar-refractivity contribution is 0.684. The molecule has 0 atom stereocenters. The van der Waals surface area contributed by atoms with E-state index >= 15 is 0 Å². The van der Waals surface area contributed by atoms with E-state index in [0.29, 0.717) is 0 Å². The maximum Gasteiger partial charge on any atom is 0.339 e. The Morgan fingerprint density at radius 2 is 1.62 bits per heavy atom. The largest absolute Gasteiger partial charge is 0.804 e. The summed E-state index contributed by atoms with van der Waals surface area (Å²) in [5.74, 6) is 0.169. The molecule has 1 aliphatic carbocycles. The lowest BCUT2D eigenvalue weighted by Gasteiger charge is -1.98. The van der Waals surface area contributed by atoms with Gasteiger partial charge in [-0.05, 0) is 0 Å². The van der Waals surface area contributed by atoms with Crippen molar-refractivity contribution in [3.8, 4) is 0 Å². The average Bonchev–Trinajstić information content (AvgIpc) is 1.77. The van der Waals surface area contributed by atoms with E-state index in [1.165, 1.54) is 24.3 Å². The second-order valence-electron chi connectivity index (χ2n) is 1.52. The van der Waals surface area contributed by atoms with Crippen LogP contribution in [0.1, 0.15) is 0 Å². The topological polar surface area (TPSA) is 43.7 Å². The van der Waals surface area contributed by atoms with Gasteiger partial charge in [-0.25, -0.2) is 0 Å². The molecule has 2 nitrogen and oxygen atoms in total. The highest BCUT2D eigenvalue weighted by molar-refractivity contribution is 6.17. The summed E-state index contributed by atoms with van der Waals surface area (Å²) in [4.78, 5) is 8.65. The van der Waals surface area contributed by atoms with Gasteiger partial charge in [0.15, 0.2) is 0 Å². The molecule has 1 rings (SSSR count). The average molecular weight is 107 g/mol. The normalized spacial score (nSPS) is 17.5. The third kappa shape index (κ3) is 0.904. The van der Waals surface area contributed by atoms with Crippen molar-refractivity contribution in [3.63, 3.8) is 0 Å². The first-order valence-corrected chi connectivity index (χ1v) is 2.27. The van der Waals surface area contributed by atoms with Crippen molar-refractivity contribution in [2.45, 2.75) is 0 Å². The molecule has 40 valence electrons. The van der Waals surface area contributed by atoms with E-state index in [-0.39, 0.29) is 11.5 Å². The molecule has 0 bridgehead atoms. The zero-order chi connectivity index (χ0) is 5.98. The number of nitrogens with zero attached hydrogens (tertiary/aromatic N) is 1. The van der Waals surface area contributed by atoms with E-state index < -0.39 is 0 Å². The molecule has 0 fully saturated rings. The van der Waals surface area contributed by atoms with Crippen molar-refractivity contribution in [1.29, 1.82) is 0 Å². The molecule has 0 heterocycles. The fraction of sp³-hybridized carbons (Fsp3) is 0. The zero-order valence-corrected chi connectivity index (χ0v) is 4.20. The van der Waals surface area contributed by atoms with Crippen molar-refractivity contribution < 1.29 is 4.79 Å². The number of allylic oxidation sites excluding steroid dienone is 4. The summed E-state index contributed by atoms with van der Waals surface area (Å²) in [5, 5.41) is 8.65. The lowest BCUT2D eigenvalue weighted by Crippen LogP contribution is -1.96. The van der Waals surface area contributed by atoms with Gasteiger partial charge >= 0.3 is 5.78 Å². The standard InChI is InChI=1S/C6H4NO/c7-5-1-3-6(8)4-2-5/h1-4H/q-1/p+1. The summed E-state index contributed by atoms with van der Waals surface area (Å²) in [6.07, 6.45) is 5.70. The van der Waals surface area contributed by atoms with Crippen LogP contribution in [-0.4, -0.2) is 16.3 Å². The Bertz CT molecular complexity index is 151. The molecule has 0 unspecified atom stereocenters. The van der Waals surface area contributed by atoms with Crippen LogP contribution in [0.2, 0.25) is 0 Å². The van der Waals surface area contributed by atoms with Crippen LogP contribution in [-0.2, 0) is 0 Å². The Balaban J connectivity index is 2.83. The van der Waals surface area contributed by atoms with Gasteiger partial charge in [0.1, 0.15) is 0 Å². The Morgan fingerprint density at radius 1 is 1.12 bits per heavy atom. The predicted octanol–water partition coefficient (Wildman–Crippen LogP) is 0.668. The van der Waals surface area contributed by atoms with Crippen molar-refractivity contribution in [3.05, 3.63) is 29.7 Å². The second-order valence-corrected chi connectivity index (χ2v) is 1.52. The molecule has 0 saturated heterocycles. The van der Waals surface area contributed by atoms with E-state index in [1.807, 2.05) is 0 Å². The molecule has 8 heavy (non-hydrogen) atoms. The van der Waals surface area contributed by atoms with Gasteiger partial charge in [0.25, 0.3) is 0 Å². The van der Waals surface area contributed by atoms with Gasteiger partial charge in [0.2, 0.25) is 0 Å². The van der Waals surface area contributed by atoms with Crippen LogP contribution in [0.5, 0.6) is 0 Å². The van der Waals surface area contributed by atoms with Crippen LogP contribution in [0.3, 0.4) is 0 Å². The van der Waals surface area contributed by atoms with E-state index in [4.69, 9.17) is 10.2 Å². The van der Waals surface area contributed by atoms with Crippen LogP contribution >= 0.6 is 0 Å². The molecule has 1 N–H and O–H groups in total. The molecule has 0 amide bonds. The fourth-order valence-electron chi connectivity index (χ4n) is 0.453. The molecule has 0 aromatic carbocycles. The molecule has 0 aliphatic heterocycles. The first-order valence-electron chi connectivity index (χ1n) is 2.27. The summed E-state index contributed by atoms with van der Waals surface area (Å²) in [6.45, 7) is 0. The first kappa shape index (κ1) is 4.97. The van der Waals surface area contributed by atoms with Gasteiger partial charge in [0, 0.05) is 12.2 Å². The number of hydrogen-bond acceptors (Lipinski definition) is 0. The minimum atomic E-state index is 0.169. The van der Waals surface area contributed by atoms with Crippen LogP contribution in [0.4, 0.5) is 0 Å². The van der Waals surface area contributed by atoms with E-state index in [0.717, 1.165) is 0 Å². The van der Waals surface area contributed by atoms with Crippen LogP contribution in [0.15, 0.2) is 24.3 Å². The van der Waals surface area contributed by atoms with E-state index in [9.17, 15) is 0 Å². The van der Waals surface area contributed by atoms with E-state index in [1.54, 1.807) is 0 Å².